The van der Waals surface area contributed by atoms with Gasteiger partial charge < -0.3 is 9.30 Å². The normalized spacial score (nSPS) is 16.0. The molecule has 1 saturated carbocycles. The quantitative estimate of drug-likeness (QED) is 0.768. The number of imidazole rings is 1. The van der Waals surface area contributed by atoms with Crippen LogP contribution in [0.15, 0.2) is 18.2 Å². The van der Waals surface area contributed by atoms with Crippen molar-refractivity contribution in [1.29, 1.82) is 5.26 Å². The molecule has 1 heterocycles. The van der Waals surface area contributed by atoms with E-state index in [2.05, 4.69) is 15.6 Å². The lowest BCUT2D eigenvalue weighted by molar-refractivity contribution is 0.167. The molecule has 1 aromatic heterocycles. The standard InChI is InChI=1S/C16H18ClN3O/c1-21-7-6-16(4-5-16)11-20-14-8-12(10-18)2-3-13(14)19-15(20)9-17/h2-3,8H,4-7,9,11H2,1H3. The molecule has 5 heteroatoms. The van der Waals surface area contributed by atoms with Crippen molar-refractivity contribution in [3.8, 4) is 6.07 Å². The summed E-state index contributed by atoms with van der Waals surface area (Å²) >= 11 is 6.06. The van der Waals surface area contributed by atoms with Gasteiger partial charge in [-0.2, -0.15) is 5.26 Å². The third kappa shape index (κ3) is 2.76. The summed E-state index contributed by atoms with van der Waals surface area (Å²) < 4.78 is 7.41. The van der Waals surface area contributed by atoms with Gasteiger partial charge in [0.15, 0.2) is 0 Å². The molecule has 0 atom stereocenters. The molecule has 110 valence electrons. The number of methoxy groups -OCH3 is 1. The molecule has 1 aliphatic rings. The zero-order valence-corrected chi connectivity index (χ0v) is 12.9. The minimum absolute atomic E-state index is 0.313. The van der Waals surface area contributed by atoms with Crippen LogP contribution >= 0.6 is 11.6 Å². The van der Waals surface area contributed by atoms with E-state index in [-0.39, 0.29) is 0 Å². The Bertz CT molecular complexity index is 697. The molecule has 1 fully saturated rings. The first kappa shape index (κ1) is 14.4. The number of alkyl halides is 1. The number of ether oxygens (including phenoxy) is 1. The Balaban J connectivity index is 1.98. The van der Waals surface area contributed by atoms with Crippen LogP contribution in [0.2, 0.25) is 0 Å². The molecule has 0 spiro atoms. The summed E-state index contributed by atoms with van der Waals surface area (Å²) in [4.78, 5) is 4.59. The summed E-state index contributed by atoms with van der Waals surface area (Å²) in [6.45, 7) is 1.69. The Morgan fingerprint density at radius 1 is 1.48 bits per heavy atom. The highest BCUT2D eigenvalue weighted by atomic mass is 35.5. The van der Waals surface area contributed by atoms with Gasteiger partial charge in [-0.3, -0.25) is 0 Å². The molecular formula is C16H18ClN3O. The van der Waals surface area contributed by atoms with Crippen LogP contribution in [0, 0.1) is 16.7 Å². The van der Waals surface area contributed by atoms with E-state index in [1.807, 2.05) is 12.1 Å². The maximum atomic E-state index is 9.09. The Kier molecular flexibility index (Phi) is 3.88. The predicted octanol–water partition coefficient (Wildman–Crippen LogP) is 3.46. The minimum Gasteiger partial charge on any atom is -0.385 e. The van der Waals surface area contributed by atoms with Crippen molar-refractivity contribution < 1.29 is 4.74 Å². The third-order valence-electron chi connectivity index (χ3n) is 4.36. The fourth-order valence-electron chi connectivity index (χ4n) is 2.84. The summed E-state index contributed by atoms with van der Waals surface area (Å²) in [6, 6.07) is 7.80. The number of halogens is 1. The first-order valence-electron chi connectivity index (χ1n) is 7.15. The molecule has 0 aliphatic heterocycles. The lowest BCUT2D eigenvalue weighted by Crippen LogP contribution is -2.15. The number of nitrogens with zero attached hydrogens (tertiary/aromatic N) is 3. The predicted molar refractivity (Wildman–Crippen MR) is 82.2 cm³/mol. The van der Waals surface area contributed by atoms with Crippen molar-refractivity contribution in [2.24, 2.45) is 5.41 Å². The van der Waals surface area contributed by atoms with E-state index in [1.54, 1.807) is 13.2 Å². The number of hydrogen-bond acceptors (Lipinski definition) is 3. The van der Waals surface area contributed by atoms with E-state index in [4.69, 9.17) is 21.6 Å². The number of benzene rings is 1. The van der Waals surface area contributed by atoms with E-state index in [0.29, 0.717) is 16.9 Å². The van der Waals surface area contributed by atoms with E-state index >= 15 is 0 Å². The molecule has 4 nitrogen and oxygen atoms in total. The van der Waals surface area contributed by atoms with E-state index < -0.39 is 0 Å². The van der Waals surface area contributed by atoms with Crippen molar-refractivity contribution in [1.82, 2.24) is 9.55 Å². The highest BCUT2D eigenvalue weighted by Gasteiger charge is 2.42. The number of nitriles is 1. The van der Waals surface area contributed by atoms with Crippen LogP contribution < -0.4 is 0 Å². The number of hydrogen-bond donors (Lipinski definition) is 0. The zero-order chi connectivity index (χ0) is 14.9. The maximum Gasteiger partial charge on any atom is 0.124 e. The van der Waals surface area contributed by atoms with Gasteiger partial charge in [0.25, 0.3) is 0 Å². The number of rotatable bonds is 6. The lowest BCUT2D eigenvalue weighted by Gasteiger charge is -2.17. The van der Waals surface area contributed by atoms with Gasteiger partial charge in [-0.1, -0.05) is 0 Å². The molecule has 0 unspecified atom stereocenters. The van der Waals surface area contributed by atoms with Crippen molar-refractivity contribution in [3.63, 3.8) is 0 Å². The average Bonchev–Trinajstić information content (AvgIpc) is 3.20. The molecule has 0 radical (unpaired) electrons. The van der Waals surface area contributed by atoms with Crippen LogP contribution in [0.4, 0.5) is 0 Å². The topological polar surface area (TPSA) is 50.8 Å². The first-order valence-corrected chi connectivity index (χ1v) is 7.69. The molecule has 0 N–H and O–H groups in total. The van der Waals surface area contributed by atoms with E-state index in [1.165, 1.54) is 12.8 Å². The summed E-state index contributed by atoms with van der Waals surface area (Å²) in [5, 5.41) is 9.09. The van der Waals surface area contributed by atoms with Gasteiger partial charge in [0.05, 0.1) is 28.5 Å². The number of aromatic nitrogens is 2. The minimum atomic E-state index is 0.313. The molecule has 3 rings (SSSR count). The monoisotopic (exact) mass is 303 g/mol. The Morgan fingerprint density at radius 2 is 2.29 bits per heavy atom. The zero-order valence-electron chi connectivity index (χ0n) is 12.1. The molecule has 0 bridgehead atoms. The van der Waals surface area contributed by atoms with E-state index in [9.17, 15) is 0 Å². The maximum absolute atomic E-state index is 9.09. The van der Waals surface area contributed by atoms with Crippen molar-refractivity contribution in [2.45, 2.75) is 31.7 Å². The van der Waals surface area contributed by atoms with Crippen LogP contribution in [0.5, 0.6) is 0 Å². The third-order valence-corrected chi connectivity index (χ3v) is 4.60. The summed E-state index contributed by atoms with van der Waals surface area (Å²) in [5.41, 5.74) is 2.89. The Labute approximate surface area is 129 Å². The molecule has 21 heavy (non-hydrogen) atoms. The fraction of sp³-hybridized carbons (Fsp3) is 0.500. The molecule has 1 aliphatic carbocycles. The molecule has 0 saturated heterocycles. The SMILES string of the molecule is COCCC1(Cn2c(CCl)nc3ccc(C#N)cc32)CC1. The van der Waals surface area contributed by atoms with Gasteiger partial charge in [0.2, 0.25) is 0 Å². The summed E-state index contributed by atoms with van der Waals surface area (Å²) in [6.07, 6.45) is 3.49. The van der Waals surface area contributed by atoms with Crippen LogP contribution in [0.1, 0.15) is 30.7 Å². The molecular weight excluding hydrogens is 286 g/mol. The largest absolute Gasteiger partial charge is 0.385 e. The summed E-state index contributed by atoms with van der Waals surface area (Å²) in [7, 11) is 1.74. The van der Waals surface area contributed by atoms with Crippen LogP contribution in [0.25, 0.3) is 11.0 Å². The van der Waals surface area contributed by atoms with Crippen LogP contribution in [0.3, 0.4) is 0 Å². The molecule has 0 amide bonds. The fourth-order valence-corrected chi connectivity index (χ4v) is 3.04. The van der Waals surface area contributed by atoms with Crippen molar-refractivity contribution in [3.05, 3.63) is 29.6 Å². The molecule has 2 aromatic rings. The second-order valence-electron chi connectivity index (χ2n) is 5.81. The van der Waals surface area contributed by atoms with Gasteiger partial charge in [-0.25, -0.2) is 4.98 Å². The molecule has 1 aromatic carbocycles. The van der Waals surface area contributed by atoms with Crippen LogP contribution in [-0.4, -0.2) is 23.3 Å². The van der Waals surface area contributed by atoms with Gasteiger partial charge in [0, 0.05) is 20.3 Å². The smallest absolute Gasteiger partial charge is 0.124 e. The lowest BCUT2D eigenvalue weighted by atomic mass is 10.0. The van der Waals surface area contributed by atoms with Crippen molar-refractivity contribution >= 4 is 22.6 Å². The second kappa shape index (κ2) is 5.67. The van der Waals surface area contributed by atoms with Gasteiger partial charge in [0.1, 0.15) is 5.82 Å². The second-order valence-corrected chi connectivity index (χ2v) is 6.07. The highest BCUT2D eigenvalue weighted by molar-refractivity contribution is 6.16. The van der Waals surface area contributed by atoms with Gasteiger partial charge >= 0.3 is 0 Å². The number of fused-ring (bicyclic) bond motifs is 1. The first-order chi connectivity index (χ1) is 10.2. The Hall–Kier alpha value is -1.57. The van der Waals surface area contributed by atoms with Crippen molar-refractivity contribution in [2.75, 3.05) is 13.7 Å². The van der Waals surface area contributed by atoms with E-state index in [0.717, 1.165) is 36.4 Å². The average molecular weight is 304 g/mol. The Morgan fingerprint density at radius 3 is 2.90 bits per heavy atom. The van der Waals surface area contributed by atoms with Gasteiger partial charge in [-0.05, 0) is 42.9 Å². The van der Waals surface area contributed by atoms with Crippen LogP contribution in [-0.2, 0) is 17.2 Å². The van der Waals surface area contributed by atoms with Gasteiger partial charge in [-0.15, -0.1) is 11.6 Å². The highest BCUT2D eigenvalue weighted by Crippen LogP contribution is 2.50. The summed E-state index contributed by atoms with van der Waals surface area (Å²) in [5.74, 6) is 1.27.